The quantitative estimate of drug-likeness (QED) is 0.604. The number of amides is 1. The van der Waals surface area contributed by atoms with Crippen LogP contribution in [0.4, 0.5) is 0 Å². The Labute approximate surface area is 159 Å². The monoisotopic (exact) mass is 362 g/mol. The fourth-order valence-corrected chi connectivity index (χ4v) is 2.61. The molecule has 0 saturated heterocycles. The highest BCUT2D eigenvalue weighted by Gasteiger charge is 2.16. The summed E-state index contributed by atoms with van der Waals surface area (Å²) in [5, 5.41) is 0. The zero-order valence-electron chi connectivity index (χ0n) is 15.2. The molecule has 2 aromatic carbocycles. The van der Waals surface area contributed by atoms with Gasteiger partial charge in [0.1, 0.15) is 11.5 Å². The van der Waals surface area contributed by atoms with E-state index in [9.17, 15) is 4.79 Å². The largest absolute Gasteiger partial charge is 0.457 e. The smallest absolute Gasteiger partial charge is 0.254 e. The molecular formula is C22H22N2O3. The average molecular weight is 362 g/mol. The number of carbonyl (C=O) groups excluding carboxylic acids is 1. The van der Waals surface area contributed by atoms with Crippen LogP contribution in [0.5, 0.6) is 11.5 Å². The summed E-state index contributed by atoms with van der Waals surface area (Å²) >= 11 is 0. The molecule has 1 heterocycles. The van der Waals surface area contributed by atoms with Gasteiger partial charge in [-0.1, -0.05) is 24.3 Å². The summed E-state index contributed by atoms with van der Waals surface area (Å²) in [4.78, 5) is 19.0. The Morgan fingerprint density at radius 3 is 2.30 bits per heavy atom. The Morgan fingerprint density at radius 1 is 0.926 bits per heavy atom. The second kappa shape index (κ2) is 9.50. The molecule has 3 aromatic rings. The van der Waals surface area contributed by atoms with E-state index in [1.807, 2.05) is 48.5 Å². The topological polar surface area (TPSA) is 51.7 Å². The van der Waals surface area contributed by atoms with Gasteiger partial charge < -0.3 is 14.4 Å². The van der Waals surface area contributed by atoms with Gasteiger partial charge in [0, 0.05) is 25.4 Å². The van der Waals surface area contributed by atoms with Gasteiger partial charge in [0.05, 0.1) is 18.8 Å². The summed E-state index contributed by atoms with van der Waals surface area (Å²) < 4.78 is 10.9. The highest BCUT2D eigenvalue weighted by molar-refractivity contribution is 5.94. The molecule has 0 aliphatic heterocycles. The third-order valence-electron chi connectivity index (χ3n) is 4.01. The van der Waals surface area contributed by atoms with Crippen LogP contribution < -0.4 is 4.74 Å². The van der Waals surface area contributed by atoms with E-state index in [1.165, 1.54) is 0 Å². The van der Waals surface area contributed by atoms with Crippen molar-refractivity contribution in [2.24, 2.45) is 0 Å². The van der Waals surface area contributed by atoms with Crippen molar-refractivity contribution in [3.8, 4) is 11.5 Å². The van der Waals surface area contributed by atoms with Crippen LogP contribution >= 0.6 is 0 Å². The van der Waals surface area contributed by atoms with Gasteiger partial charge in [-0.25, -0.2) is 0 Å². The summed E-state index contributed by atoms with van der Waals surface area (Å²) in [6.07, 6.45) is 1.73. The van der Waals surface area contributed by atoms with E-state index < -0.39 is 0 Å². The number of pyridine rings is 1. The fourth-order valence-electron chi connectivity index (χ4n) is 2.61. The highest BCUT2D eigenvalue weighted by atomic mass is 16.5. The molecule has 0 N–H and O–H groups in total. The van der Waals surface area contributed by atoms with E-state index in [4.69, 9.17) is 9.47 Å². The minimum atomic E-state index is -0.0658. The SMILES string of the molecule is COCCN(Cc1ccccn1)C(=O)c1ccc(Oc2ccccc2)cc1. The maximum absolute atomic E-state index is 12.9. The number of hydrogen-bond acceptors (Lipinski definition) is 4. The van der Waals surface area contributed by atoms with Gasteiger partial charge in [0.25, 0.3) is 5.91 Å². The van der Waals surface area contributed by atoms with Crippen LogP contribution in [0.3, 0.4) is 0 Å². The lowest BCUT2D eigenvalue weighted by atomic mass is 10.2. The lowest BCUT2D eigenvalue weighted by molar-refractivity contribution is 0.0678. The van der Waals surface area contributed by atoms with Crippen molar-refractivity contribution in [3.05, 3.63) is 90.3 Å². The van der Waals surface area contributed by atoms with E-state index in [1.54, 1.807) is 42.5 Å². The summed E-state index contributed by atoms with van der Waals surface area (Å²) in [6.45, 7) is 1.40. The highest BCUT2D eigenvalue weighted by Crippen LogP contribution is 2.21. The molecule has 0 aliphatic carbocycles. The Hall–Kier alpha value is -3.18. The molecule has 1 aromatic heterocycles. The van der Waals surface area contributed by atoms with Gasteiger partial charge >= 0.3 is 0 Å². The third kappa shape index (κ3) is 5.39. The molecule has 0 radical (unpaired) electrons. The van der Waals surface area contributed by atoms with Crippen molar-refractivity contribution in [2.75, 3.05) is 20.3 Å². The van der Waals surface area contributed by atoms with Crippen LogP contribution in [0.15, 0.2) is 79.0 Å². The minimum absolute atomic E-state index is 0.0658. The number of hydrogen-bond donors (Lipinski definition) is 0. The first-order valence-electron chi connectivity index (χ1n) is 8.77. The molecule has 0 bridgehead atoms. The van der Waals surface area contributed by atoms with Crippen molar-refractivity contribution in [3.63, 3.8) is 0 Å². The first-order valence-corrected chi connectivity index (χ1v) is 8.77. The van der Waals surface area contributed by atoms with E-state index in [2.05, 4.69) is 4.98 Å². The third-order valence-corrected chi connectivity index (χ3v) is 4.01. The molecule has 0 fully saturated rings. The van der Waals surface area contributed by atoms with Crippen LogP contribution in [0, 0.1) is 0 Å². The molecule has 27 heavy (non-hydrogen) atoms. The Balaban J connectivity index is 1.70. The predicted octanol–water partition coefficient (Wildman–Crippen LogP) is 4.16. The van der Waals surface area contributed by atoms with Gasteiger partial charge in [-0.3, -0.25) is 9.78 Å². The van der Waals surface area contributed by atoms with Gasteiger partial charge in [-0.05, 0) is 48.5 Å². The number of ether oxygens (including phenoxy) is 2. The number of rotatable bonds is 8. The van der Waals surface area contributed by atoms with Crippen LogP contribution in [0.1, 0.15) is 16.1 Å². The summed E-state index contributed by atoms with van der Waals surface area (Å²) in [6, 6.07) is 22.4. The number of benzene rings is 2. The molecule has 0 saturated carbocycles. The number of methoxy groups -OCH3 is 1. The van der Waals surface area contributed by atoms with Gasteiger partial charge in [0.15, 0.2) is 0 Å². The second-order valence-electron chi connectivity index (χ2n) is 5.98. The normalized spacial score (nSPS) is 10.4. The van der Waals surface area contributed by atoms with Crippen LogP contribution in [-0.4, -0.2) is 36.1 Å². The molecule has 3 rings (SSSR count). The zero-order chi connectivity index (χ0) is 18.9. The average Bonchev–Trinajstić information content (AvgIpc) is 2.73. The lowest BCUT2D eigenvalue weighted by Crippen LogP contribution is -2.33. The van der Waals surface area contributed by atoms with Crippen molar-refractivity contribution < 1.29 is 14.3 Å². The number of aromatic nitrogens is 1. The van der Waals surface area contributed by atoms with E-state index in [0.717, 1.165) is 11.4 Å². The number of para-hydroxylation sites is 1. The van der Waals surface area contributed by atoms with Crippen LogP contribution in [-0.2, 0) is 11.3 Å². The first kappa shape index (κ1) is 18.6. The molecule has 0 unspecified atom stereocenters. The maximum Gasteiger partial charge on any atom is 0.254 e. The van der Waals surface area contributed by atoms with Crippen molar-refractivity contribution in [2.45, 2.75) is 6.54 Å². The first-order chi connectivity index (χ1) is 13.3. The Bertz CT molecular complexity index is 836. The Kier molecular flexibility index (Phi) is 6.55. The molecule has 0 aliphatic rings. The number of carbonyl (C=O) groups is 1. The predicted molar refractivity (Wildman–Crippen MR) is 104 cm³/mol. The standard InChI is InChI=1S/C22H22N2O3/c1-26-16-15-24(17-19-7-5-6-14-23-19)22(25)18-10-12-21(13-11-18)27-20-8-3-2-4-9-20/h2-14H,15-17H2,1H3. The van der Waals surface area contributed by atoms with E-state index in [0.29, 0.717) is 31.0 Å². The molecule has 5 nitrogen and oxygen atoms in total. The second-order valence-corrected chi connectivity index (χ2v) is 5.98. The van der Waals surface area contributed by atoms with Gasteiger partial charge in [-0.15, -0.1) is 0 Å². The van der Waals surface area contributed by atoms with Crippen molar-refractivity contribution in [1.29, 1.82) is 0 Å². The van der Waals surface area contributed by atoms with Crippen LogP contribution in [0.2, 0.25) is 0 Å². The minimum Gasteiger partial charge on any atom is -0.457 e. The van der Waals surface area contributed by atoms with E-state index >= 15 is 0 Å². The molecule has 1 amide bonds. The van der Waals surface area contributed by atoms with E-state index in [-0.39, 0.29) is 5.91 Å². The molecule has 0 atom stereocenters. The summed E-state index contributed by atoms with van der Waals surface area (Å²) in [5.41, 5.74) is 1.44. The zero-order valence-corrected chi connectivity index (χ0v) is 15.2. The lowest BCUT2D eigenvalue weighted by Gasteiger charge is -2.22. The maximum atomic E-state index is 12.9. The molecule has 5 heteroatoms. The molecule has 0 spiro atoms. The van der Waals surface area contributed by atoms with Crippen LogP contribution in [0.25, 0.3) is 0 Å². The van der Waals surface area contributed by atoms with Crippen molar-refractivity contribution in [1.82, 2.24) is 9.88 Å². The van der Waals surface area contributed by atoms with Gasteiger partial charge in [-0.2, -0.15) is 0 Å². The van der Waals surface area contributed by atoms with Gasteiger partial charge in [0.2, 0.25) is 0 Å². The van der Waals surface area contributed by atoms with Crippen molar-refractivity contribution >= 4 is 5.91 Å². The Morgan fingerprint density at radius 2 is 1.63 bits per heavy atom. The fraction of sp³-hybridized carbons (Fsp3) is 0.182. The molecule has 138 valence electrons. The number of nitrogens with zero attached hydrogens (tertiary/aromatic N) is 2. The summed E-state index contributed by atoms with van der Waals surface area (Å²) in [7, 11) is 1.62. The molecular weight excluding hydrogens is 340 g/mol. The summed E-state index contributed by atoms with van der Waals surface area (Å²) in [5.74, 6) is 1.38.